The molecule has 0 aromatic heterocycles. The van der Waals surface area contributed by atoms with Gasteiger partial charge in [0.2, 0.25) is 0 Å². The minimum Gasteiger partial charge on any atom is -0.393 e. The predicted molar refractivity (Wildman–Crippen MR) is 128 cm³/mol. The number of hydrogen-bond donors (Lipinski definition) is 1. The minimum atomic E-state index is -0.0729. The van der Waals surface area contributed by atoms with Gasteiger partial charge in [0, 0.05) is 0 Å². The lowest BCUT2D eigenvalue weighted by molar-refractivity contribution is -0.0154. The van der Waals surface area contributed by atoms with Gasteiger partial charge in [-0.05, 0) is 111 Å². The third-order valence-corrected chi connectivity index (χ3v) is 10.8. The van der Waals surface area contributed by atoms with Crippen LogP contribution in [0.1, 0.15) is 112 Å². The Balaban J connectivity index is 1.40. The quantitative estimate of drug-likeness (QED) is 0.418. The first-order chi connectivity index (χ1) is 14.3. The summed E-state index contributed by atoms with van der Waals surface area (Å²) in [5, 5.41) is 10.2. The van der Waals surface area contributed by atoms with Crippen LogP contribution in [0.2, 0.25) is 0 Å². The third kappa shape index (κ3) is 4.18. The molecule has 0 amide bonds. The second kappa shape index (κ2) is 9.29. The fraction of sp³-hybridized carbons (Fsp3) is 0.931. The highest BCUT2D eigenvalue weighted by atomic mass is 16.3. The molecule has 3 saturated carbocycles. The van der Waals surface area contributed by atoms with Gasteiger partial charge in [-0.1, -0.05) is 65.5 Å². The number of aliphatic hydroxyl groups is 1. The SMILES string of the molecule is CCCC(CCC(C)C1CCC2C1CCC1C2CC=C2CC(O)CCC21C)C(C)C. The topological polar surface area (TPSA) is 20.2 Å². The van der Waals surface area contributed by atoms with Gasteiger partial charge in [0.25, 0.3) is 0 Å². The van der Waals surface area contributed by atoms with E-state index in [9.17, 15) is 5.11 Å². The zero-order chi connectivity index (χ0) is 21.5. The molecule has 1 nitrogen and oxygen atoms in total. The lowest BCUT2D eigenvalue weighted by Crippen LogP contribution is -2.47. The number of allylic oxidation sites excluding steroid dienone is 1. The molecule has 0 spiro atoms. The van der Waals surface area contributed by atoms with Crippen LogP contribution >= 0.6 is 0 Å². The Labute approximate surface area is 187 Å². The first-order valence-electron chi connectivity index (χ1n) is 13.7. The summed E-state index contributed by atoms with van der Waals surface area (Å²) in [6.07, 6.45) is 18.7. The highest BCUT2D eigenvalue weighted by Crippen LogP contribution is 2.63. The van der Waals surface area contributed by atoms with Gasteiger partial charge < -0.3 is 5.11 Å². The molecule has 1 N–H and O–H groups in total. The summed E-state index contributed by atoms with van der Waals surface area (Å²) in [6.45, 7) is 12.4. The maximum atomic E-state index is 10.2. The molecule has 30 heavy (non-hydrogen) atoms. The predicted octanol–water partition coefficient (Wildman–Crippen LogP) is 8.02. The maximum absolute atomic E-state index is 10.2. The van der Waals surface area contributed by atoms with Crippen molar-refractivity contribution in [2.75, 3.05) is 0 Å². The lowest BCUT2D eigenvalue weighted by Gasteiger charge is -2.55. The van der Waals surface area contributed by atoms with Crippen molar-refractivity contribution in [2.24, 2.45) is 52.8 Å². The maximum Gasteiger partial charge on any atom is 0.0577 e. The molecule has 0 heterocycles. The molecule has 172 valence electrons. The summed E-state index contributed by atoms with van der Waals surface area (Å²) >= 11 is 0. The molecule has 3 fully saturated rings. The minimum absolute atomic E-state index is 0.0729. The number of hydrogen-bond acceptors (Lipinski definition) is 1. The Morgan fingerprint density at radius 2 is 1.73 bits per heavy atom. The highest BCUT2D eigenvalue weighted by molar-refractivity contribution is 5.24. The monoisotopic (exact) mass is 414 g/mol. The summed E-state index contributed by atoms with van der Waals surface area (Å²) in [6, 6.07) is 0. The van der Waals surface area contributed by atoms with Crippen LogP contribution in [0.4, 0.5) is 0 Å². The van der Waals surface area contributed by atoms with Crippen LogP contribution in [0.25, 0.3) is 0 Å². The van der Waals surface area contributed by atoms with E-state index in [4.69, 9.17) is 0 Å². The average Bonchev–Trinajstić information content (AvgIpc) is 3.15. The second-order valence-electron chi connectivity index (χ2n) is 12.5. The summed E-state index contributed by atoms with van der Waals surface area (Å²) < 4.78 is 0. The smallest absolute Gasteiger partial charge is 0.0577 e. The molecule has 0 saturated heterocycles. The van der Waals surface area contributed by atoms with Crippen LogP contribution in [0.15, 0.2) is 11.6 Å². The molecule has 1 heteroatoms. The number of aliphatic hydroxyl groups excluding tert-OH is 1. The summed E-state index contributed by atoms with van der Waals surface area (Å²) in [7, 11) is 0. The van der Waals surface area contributed by atoms with Crippen LogP contribution in [-0.4, -0.2) is 11.2 Å². The van der Waals surface area contributed by atoms with Crippen molar-refractivity contribution in [1.29, 1.82) is 0 Å². The van der Waals surface area contributed by atoms with Crippen molar-refractivity contribution in [3.8, 4) is 0 Å². The van der Waals surface area contributed by atoms with E-state index in [0.29, 0.717) is 5.41 Å². The van der Waals surface area contributed by atoms with E-state index in [1.165, 1.54) is 64.2 Å². The van der Waals surface area contributed by atoms with E-state index < -0.39 is 0 Å². The summed E-state index contributed by atoms with van der Waals surface area (Å²) in [5.74, 6) is 7.55. The Hall–Kier alpha value is -0.300. The van der Waals surface area contributed by atoms with Crippen molar-refractivity contribution < 1.29 is 5.11 Å². The van der Waals surface area contributed by atoms with Gasteiger partial charge in [-0.3, -0.25) is 0 Å². The first kappa shape index (κ1) is 22.9. The van der Waals surface area contributed by atoms with Crippen molar-refractivity contribution in [2.45, 2.75) is 118 Å². The highest BCUT2D eigenvalue weighted by Gasteiger charge is 2.54. The molecule has 0 aliphatic heterocycles. The molecular weight excluding hydrogens is 364 g/mol. The molecule has 4 aliphatic carbocycles. The Morgan fingerprint density at radius 3 is 2.47 bits per heavy atom. The van der Waals surface area contributed by atoms with Crippen LogP contribution < -0.4 is 0 Å². The Kier molecular flexibility index (Phi) is 7.08. The van der Waals surface area contributed by atoms with Gasteiger partial charge in [0.05, 0.1) is 6.10 Å². The van der Waals surface area contributed by atoms with Crippen LogP contribution in [-0.2, 0) is 0 Å². The van der Waals surface area contributed by atoms with Crippen LogP contribution in [0.5, 0.6) is 0 Å². The van der Waals surface area contributed by atoms with Gasteiger partial charge in [0.15, 0.2) is 0 Å². The largest absolute Gasteiger partial charge is 0.393 e. The number of rotatable bonds is 7. The molecule has 0 aromatic rings. The van der Waals surface area contributed by atoms with E-state index in [-0.39, 0.29) is 6.10 Å². The van der Waals surface area contributed by atoms with E-state index in [1.807, 2.05) is 0 Å². The van der Waals surface area contributed by atoms with Gasteiger partial charge >= 0.3 is 0 Å². The van der Waals surface area contributed by atoms with Gasteiger partial charge in [-0.25, -0.2) is 0 Å². The fourth-order valence-corrected chi connectivity index (χ4v) is 8.92. The normalized spacial score (nSPS) is 42.8. The van der Waals surface area contributed by atoms with Gasteiger partial charge in [-0.15, -0.1) is 0 Å². The third-order valence-electron chi connectivity index (χ3n) is 10.8. The second-order valence-corrected chi connectivity index (χ2v) is 12.5. The molecule has 4 rings (SSSR count). The van der Waals surface area contributed by atoms with E-state index in [1.54, 1.807) is 5.57 Å². The molecule has 0 radical (unpaired) electrons. The van der Waals surface area contributed by atoms with Crippen molar-refractivity contribution in [3.63, 3.8) is 0 Å². The van der Waals surface area contributed by atoms with Crippen LogP contribution in [0, 0.1) is 52.8 Å². The summed E-state index contributed by atoms with van der Waals surface area (Å²) in [4.78, 5) is 0. The standard InChI is InChI=1S/C29H50O/c1-6-7-21(19(2)3)9-8-20(4)24-12-13-26-25(24)14-15-28-27(26)11-10-22-18-23(30)16-17-29(22,28)5/h10,19-21,23-28,30H,6-9,11-18H2,1-5H3. The van der Waals surface area contributed by atoms with E-state index >= 15 is 0 Å². The van der Waals surface area contributed by atoms with E-state index in [0.717, 1.165) is 60.2 Å². The Bertz CT molecular complexity index is 605. The molecular formula is C29H50O. The molecule has 4 aliphatic rings. The van der Waals surface area contributed by atoms with Gasteiger partial charge in [0.1, 0.15) is 0 Å². The van der Waals surface area contributed by atoms with Crippen LogP contribution in [0.3, 0.4) is 0 Å². The molecule has 9 unspecified atom stereocenters. The zero-order valence-electron chi connectivity index (χ0n) is 20.7. The number of fused-ring (bicyclic) bond motifs is 5. The average molecular weight is 415 g/mol. The zero-order valence-corrected chi connectivity index (χ0v) is 20.7. The molecule has 9 atom stereocenters. The fourth-order valence-electron chi connectivity index (χ4n) is 8.92. The van der Waals surface area contributed by atoms with E-state index in [2.05, 4.69) is 40.7 Å². The van der Waals surface area contributed by atoms with Crippen molar-refractivity contribution >= 4 is 0 Å². The Morgan fingerprint density at radius 1 is 0.967 bits per heavy atom. The lowest BCUT2D eigenvalue weighted by atomic mass is 9.50. The molecule has 0 bridgehead atoms. The van der Waals surface area contributed by atoms with Crippen molar-refractivity contribution in [1.82, 2.24) is 0 Å². The first-order valence-corrected chi connectivity index (χ1v) is 13.7. The van der Waals surface area contributed by atoms with Crippen molar-refractivity contribution in [3.05, 3.63) is 11.6 Å². The van der Waals surface area contributed by atoms with Gasteiger partial charge in [-0.2, -0.15) is 0 Å². The summed E-state index contributed by atoms with van der Waals surface area (Å²) in [5.41, 5.74) is 2.03. The molecule has 0 aromatic carbocycles.